The lowest BCUT2D eigenvalue weighted by Gasteiger charge is -2.10. The molecule has 2 aromatic rings. The molecule has 0 fully saturated rings. The van der Waals surface area contributed by atoms with Crippen molar-refractivity contribution in [2.24, 2.45) is 0 Å². The van der Waals surface area contributed by atoms with Crippen LogP contribution in [-0.2, 0) is 0 Å². The Labute approximate surface area is 124 Å². The third kappa shape index (κ3) is 3.28. The molecule has 2 rings (SSSR count). The Bertz CT molecular complexity index is 634. The van der Waals surface area contributed by atoms with Gasteiger partial charge in [0.05, 0.1) is 25.3 Å². The number of carbonyl (C=O) groups is 1. The molecule has 0 aliphatic rings. The normalized spacial score (nSPS) is 10.9. The zero-order valence-corrected chi connectivity index (χ0v) is 12.8. The molecule has 0 unspecified atom stereocenters. The maximum atomic E-state index is 12.2. The summed E-state index contributed by atoms with van der Waals surface area (Å²) in [4.78, 5) is 17.3. The van der Waals surface area contributed by atoms with Gasteiger partial charge in [0.15, 0.2) is 11.5 Å². The molecule has 1 heterocycles. The quantitative estimate of drug-likeness (QED) is 0.846. The second-order valence-corrected chi connectivity index (χ2v) is 5.01. The lowest BCUT2D eigenvalue weighted by molar-refractivity contribution is 0.0952. The topological polar surface area (TPSA) is 66.6 Å². The fourth-order valence-corrected chi connectivity index (χ4v) is 2.13. The van der Waals surface area contributed by atoms with Crippen molar-refractivity contribution in [2.75, 3.05) is 41.4 Å². The number of amides is 1. The predicted molar refractivity (Wildman–Crippen MR) is 82.3 cm³/mol. The first-order chi connectivity index (χ1) is 10.1. The fourth-order valence-electron chi connectivity index (χ4n) is 2.13. The summed E-state index contributed by atoms with van der Waals surface area (Å²) in [5, 5.41) is 3.72. The summed E-state index contributed by atoms with van der Waals surface area (Å²) in [6.07, 6.45) is 1.70. The molecule has 6 heteroatoms. The molecule has 21 heavy (non-hydrogen) atoms. The van der Waals surface area contributed by atoms with E-state index in [0.29, 0.717) is 23.6 Å². The van der Waals surface area contributed by atoms with Crippen molar-refractivity contribution in [1.29, 1.82) is 0 Å². The van der Waals surface area contributed by atoms with Gasteiger partial charge in [0, 0.05) is 30.7 Å². The minimum absolute atomic E-state index is 0.102. The Balaban J connectivity index is 2.26. The van der Waals surface area contributed by atoms with Gasteiger partial charge >= 0.3 is 0 Å². The van der Waals surface area contributed by atoms with Crippen LogP contribution in [-0.4, -0.2) is 57.2 Å². The molecule has 0 saturated heterocycles. The van der Waals surface area contributed by atoms with Gasteiger partial charge in [0.2, 0.25) is 0 Å². The molecule has 1 aromatic heterocycles. The highest BCUT2D eigenvalue weighted by molar-refractivity contribution is 6.07. The average molecular weight is 291 g/mol. The summed E-state index contributed by atoms with van der Waals surface area (Å²) in [7, 11) is 7.10. The number of fused-ring (bicyclic) bond motifs is 1. The van der Waals surface area contributed by atoms with Crippen molar-refractivity contribution in [3.05, 3.63) is 23.9 Å². The minimum atomic E-state index is -0.102. The minimum Gasteiger partial charge on any atom is -0.493 e. The zero-order chi connectivity index (χ0) is 15.4. The summed E-state index contributed by atoms with van der Waals surface area (Å²) < 4.78 is 10.5. The molecule has 2 N–H and O–H groups in total. The molecular weight excluding hydrogens is 270 g/mol. The lowest BCUT2D eigenvalue weighted by Crippen LogP contribution is -2.31. The number of nitrogens with one attached hydrogen (secondary N) is 2. The molecule has 0 aliphatic carbocycles. The van der Waals surface area contributed by atoms with Gasteiger partial charge in [-0.1, -0.05) is 0 Å². The van der Waals surface area contributed by atoms with E-state index in [0.717, 1.165) is 17.4 Å². The largest absolute Gasteiger partial charge is 0.493 e. The van der Waals surface area contributed by atoms with Crippen LogP contribution < -0.4 is 14.8 Å². The number of methoxy groups -OCH3 is 2. The third-order valence-corrected chi connectivity index (χ3v) is 3.28. The van der Waals surface area contributed by atoms with Gasteiger partial charge in [0.25, 0.3) is 5.91 Å². The van der Waals surface area contributed by atoms with E-state index in [-0.39, 0.29) is 5.91 Å². The van der Waals surface area contributed by atoms with Crippen LogP contribution in [0.4, 0.5) is 0 Å². The number of carbonyl (C=O) groups excluding carboxylic acids is 1. The van der Waals surface area contributed by atoms with Crippen molar-refractivity contribution in [3.63, 3.8) is 0 Å². The van der Waals surface area contributed by atoms with E-state index in [9.17, 15) is 4.79 Å². The second-order valence-electron chi connectivity index (χ2n) is 5.01. The number of aromatic nitrogens is 1. The van der Waals surface area contributed by atoms with Crippen LogP contribution in [0.15, 0.2) is 18.3 Å². The molecule has 0 bridgehead atoms. The highest BCUT2D eigenvalue weighted by Crippen LogP contribution is 2.33. The molecule has 1 aromatic carbocycles. The Hall–Kier alpha value is -2.21. The van der Waals surface area contributed by atoms with E-state index in [1.165, 1.54) is 0 Å². The summed E-state index contributed by atoms with van der Waals surface area (Å²) >= 11 is 0. The molecule has 0 spiro atoms. The van der Waals surface area contributed by atoms with Crippen LogP contribution in [0, 0.1) is 0 Å². The molecule has 6 nitrogen and oxygen atoms in total. The first kappa shape index (κ1) is 15.2. The number of benzene rings is 1. The lowest BCUT2D eigenvalue weighted by atomic mass is 10.1. The van der Waals surface area contributed by atoms with E-state index in [1.807, 2.05) is 31.1 Å². The number of rotatable bonds is 6. The highest BCUT2D eigenvalue weighted by Gasteiger charge is 2.15. The van der Waals surface area contributed by atoms with Crippen LogP contribution in [0.5, 0.6) is 11.5 Å². The number of likely N-dealkylation sites (N-methyl/N-ethyl adjacent to an activating group) is 1. The van der Waals surface area contributed by atoms with Crippen LogP contribution in [0.1, 0.15) is 10.4 Å². The zero-order valence-electron chi connectivity index (χ0n) is 12.8. The number of ether oxygens (including phenoxy) is 2. The van der Waals surface area contributed by atoms with Crippen LogP contribution >= 0.6 is 0 Å². The number of H-pyrrole nitrogens is 1. The number of hydrogen-bond donors (Lipinski definition) is 2. The molecule has 0 atom stereocenters. The van der Waals surface area contributed by atoms with Crippen LogP contribution in [0.3, 0.4) is 0 Å². The smallest absolute Gasteiger partial charge is 0.253 e. The van der Waals surface area contributed by atoms with Crippen LogP contribution in [0.25, 0.3) is 10.9 Å². The maximum Gasteiger partial charge on any atom is 0.253 e. The Morgan fingerprint density at radius 1 is 1.24 bits per heavy atom. The van der Waals surface area contributed by atoms with Gasteiger partial charge in [-0.05, 0) is 20.2 Å². The summed E-state index contributed by atoms with van der Waals surface area (Å²) in [5.41, 5.74) is 1.44. The number of hydrogen-bond acceptors (Lipinski definition) is 4. The molecule has 114 valence electrons. The second kappa shape index (κ2) is 6.49. The van der Waals surface area contributed by atoms with Crippen molar-refractivity contribution >= 4 is 16.8 Å². The Morgan fingerprint density at radius 2 is 1.90 bits per heavy atom. The van der Waals surface area contributed by atoms with Gasteiger partial charge < -0.3 is 24.7 Å². The molecule has 0 radical (unpaired) electrons. The van der Waals surface area contributed by atoms with Crippen molar-refractivity contribution in [1.82, 2.24) is 15.2 Å². The van der Waals surface area contributed by atoms with Gasteiger partial charge in [-0.3, -0.25) is 4.79 Å². The standard InChI is InChI=1S/C15H21N3O3/c1-18(2)6-5-16-15(19)11-9-17-12-8-14(21-4)13(20-3)7-10(11)12/h7-9,17H,5-6H2,1-4H3,(H,16,19). The average Bonchev–Trinajstić information content (AvgIpc) is 2.87. The van der Waals surface area contributed by atoms with Crippen molar-refractivity contribution < 1.29 is 14.3 Å². The van der Waals surface area contributed by atoms with E-state index in [1.54, 1.807) is 20.4 Å². The van der Waals surface area contributed by atoms with E-state index in [2.05, 4.69) is 10.3 Å². The van der Waals surface area contributed by atoms with Crippen molar-refractivity contribution in [3.8, 4) is 11.5 Å². The van der Waals surface area contributed by atoms with E-state index >= 15 is 0 Å². The highest BCUT2D eigenvalue weighted by atomic mass is 16.5. The third-order valence-electron chi connectivity index (χ3n) is 3.28. The monoisotopic (exact) mass is 291 g/mol. The SMILES string of the molecule is COc1cc2[nH]cc(C(=O)NCCN(C)C)c2cc1OC. The predicted octanol–water partition coefficient (Wildman–Crippen LogP) is 1.48. The molecular formula is C15H21N3O3. The number of nitrogens with zero attached hydrogens (tertiary/aromatic N) is 1. The molecule has 1 amide bonds. The van der Waals surface area contributed by atoms with Gasteiger partial charge in [-0.25, -0.2) is 0 Å². The summed E-state index contributed by atoms with van der Waals surface area (Å²) in [6, 6.07) is 3.64. The summed E-state index contributed by atoms with van der Waals surface area (Å²) in [5.74, 6) is 1.13. The summed E-state index contributed by atoms with van der Waals surface area (Å²) in [6.45, 7) is 1.40. The Kier molecular flexibility index (Phi) is 4.70. The molecule has 0 saturated carbocycles. The fraction of sp³-hybridized carbons (Fsp3) is 0.400. The molecule has 0 aliphatic heterocycles. The van der Waals surface area contributed by atoms with Crippen molar-refractivity contribution in [2.45, 2.75) is 0 Å². The Morgan fingerprint density at radius 3 is 2.52 bits per heavy atom. The van der Waals surface area contributed by atoms with E-state index < -0.39 is 0 Å². The van der Waals surface area contributed by atoms with E-state index in [4.69, 9.17) is 9.47 Å². The first-order valence-corrected chi connectivity index (χ1v) is 6.73. The maximum absolute atomic E-state index is 12.2. The first-order valence-electron chi connectivity index (χ1n) is 6.73. The van der Waals surface area contributed by atoms with Crippen LogP contribution in [0.2, 0.25) is 0 Å². The van der Waals surface area contributed by atoms with Gasteiger partial charge in [0.1, 0.15) is 0 Å². The van der Waals surface area contributed by atoms with Gasteiger partial charge in [-0.2, -0.15) is 0 Å². The van der Waals surface area contributed by atoms with Gasteiger partial charge in [-0.15, -0.1) is 0 Å². The number of aromatic amines is 1.